The van der Waals surface area contributed by atoms with Crippen molar-refractivity contribution in [2.75, 3.05) is 6.54 Å². The highest BCUT2D eigenvalue weighted by Crippen LogP contribution is 2.55. The molecule has 0 spiro atoms. The zero-order valence-corrected chi connectivity index (χ0v) is 16.6. The van der Waals surface area contributed by atoms with Crippen molar-refractivity contribution < 1.29 is 14.7 Å². The van der Waals surface area contributed by atoms with Gasteiger partial charge in [0.15, 0.2) is 0 Å². The third-order valence-electron chi connectivity index (χ3n) is 6.57. The number of fused-ring (bicyclic) bond motifs is 3. The first-order valence-corrected chi connectivity index (χ1v) is 10.3. The summed E-state index contributed by atoms with van der Waals surface area (Å²) in [5, 5.41) is 11.8. The van der Waals surface area contributed by atoms with Crippen LogP contribution in [0.1, 0.15) is 46.9 Å². The fourth-order valence-corrected chi connectivity index (χ4v) is 5.13. The highest BCUT2D eigenvalue weighted by Gasteiger charge is 2.56. The van der Waals surface area contributed by atoms with E-state index in [1.54, 1.807) is 17.0 Å². The molecule has 2 aliphatic rings. The Morgan fingerprint density at radius 1 is 1.14 bits per heavy atom. The summed E-state index contributed by atoms with van der Waals surface area (Å²) in [5.41, 5.74) is 2.49. The summed E-state index contributed by atoms with van der Waals surface area (Å²) in [7, 11) is 0. The first kappa shape index (κ1) is 18.3. The van der Waals surface area contributed by atoms with Crippen molar-refractivity contribution >= 4 is 34.4 Å². The minimum absolute atomic E-state index is 0.120. The second kappa shape index (κ2) is 6.63. The number of carbonyl (C=O) groups excluding carboxylic acids is 1. The third kappa shape index (κ3) is 2.68. The third-order valence-corrected chi connectivity index (χ3v) is 6.80. The molecule has 0 saturated heterocycles. The zero-order valence-electron chi connectivity index (χ0n) is 15.8. The Morgan fingerprint density at radius 2 is 1.90 bits per heavy atom. The molecule has 2 heterocycles. The van der Waals surface area contributed by atoms with Crippen molar-refractivity contribution in [1.29, 1.82) is 0 Å². The Morgan fingerprint density at radius 3 is 2.55 bits per heavy atom. The van der Waals surface area contributed by atoms with E-state index in [-0.39, 0.29) is 5.91 Å². The van der Waals surface area contributed by atoms with Crippen LogP contribution in [0, 0.1) is 5.41 Å². The van der Waals surface area contributed by atoms with E-state index in [1.807, 2.05) is 36.4 Å². The SMILES string of the molecule is O=C(c1ccccc1)N1CCc2c([nH]c3ccc(Cl)cc23)C1C1(C(=O)O)CCC1. The monoisotopic (exact) mass is 408 g/mol. The van der Waals surface area contributed by atoms with Crippen LogP contribution in [0.5, 0.6) is 0 Å². The number of aromatic amines is 1. The van der Waals surface area contributed by atoms with Gasteiger partial charge in [-0.1, -0.05) is 36.2 Å². The smallest absolute Gasteiger partial charge is 0.312 e. The lowest BCUT2D eigenvalue weighted by Gasteiger charge is -2.50. The minimum Gasteiger partial charge on any atom is -0.481 e. The van der Waals surface area contributed by atoms with Gasteiger partial charge >= 0.3 is 5.97 Å². The molecule has 29 heavy (non-hydrogen) atoms. The zero-order chi connectivity index (χ0) is 20.2. The average Bonchev–Trinajstić information content (AvgIpc) is 3.05. The van der Waals surface area contributed by atoms with Gasteiger partial charge < -0.3 is 15.0 Å². The molecule has 5 rings (SSSR count). The van der Waals surface area contributed by atoms with Crippen LogP contribution in [-0.4, -0.2) is 33.4 Å². The number of aromatic nitrogens is 1. The molecule has 1 fully saturated rings. The maximum atomic E-state index is 13.4. The van der Waals surface area contributed by atoms with Crippen LogP contribution in [0.4, 0.5) is 0 Å². The molecule has 1 unspecified atom stereocenters. The Hall–Kier alpha value is -2.79. The Labute approximate surface area is 173 Å². The molecular weight excluding hydrogens is 388 g/mol. The second-order valence-electron chi connectivity index (χ2n) is 8.04. The highest BCUT2D eigenvalue weighted by molar-refractivity contribution is 6.31. The molecule has 1 aliphatic carbocycles. The van der Waals surface area contributed by atoms with Gasteiger partial charge in [0.2, 0.25) is 0 Å². The van der Waals surface area contributed by atoms with E-state index < -0.39 is 17.4 Å². The molecule has 148 valence electrons. The standard InChI is InChI=1S/C23H21ClN2O3/c24-15-7-8-18-17(13-15)16-9-12-26(21(27)14-5-2-1-3-6-14)20(19(16)25-18)23(22(28)29)10-4-11-23/h1-3,5-8,13,20,25H,4,9-12H2,(H,28,29). The first-order chi connectivity index (χ1) is 14.0. The van der Waals surface area contributed by atoms with Crippen molar-refractivity contribution in [3.8, 4) is 0 Å². The molecular formula is C23H21ClN2O3. The fourth-order valence-electron chi connectivity index (χ4n) is 4.96. The van der Waals surface area contributed by atoms with Gasteiger partial charge in [0, 0.05) is 33.7 Å². The van der Waals surface area contributed by atoms with E-state index in [0.29, 0.717) is 36.4 Å². The molecule has 5 nitrogen and oxygen atoms in total. The van der Waals surface area contributed by atoms with Crippen molar-refractivity contribution in [3.63, 3.8) is 0 Å². The maximum absolute atomic E-state index is 13.4. The molecule has 2 N–H and O–H groups in total. The second-order valence-corrected chi connectivity index (χ2v) is 8.48. The van der Waals surface area contributed by atoms with Crippen LogP contribution in [-0.2, 0) is 11.2 Å². The molecule has 1 amide bonds. The lowest BCUT2D eigenvalue weighted by Crippen LogP contribution is -2.54. The van der Waals surface area contributed by atoms with Gasteiger partial charge in [0.05, 0.1) is 11.5 Å². The number of halogens is 1. The van der Waals surface area contributed by atoms with E-state index in [4.69, 9.17) is 11.6 Å². The number of nitrogens with one attached hydrogen (secondary N) is 1. The minimum atomic E-state index is -0.954. The molecule has 1 atom stereocenters. The summed E-state index contributed by atoms with van der Waals surface area (Å²) in [6.45, 7) is 0.486. The van der Waals surface area contributed by atoms with E-state index in [2.05, 4.69) is 4.98 Å². The van der Waals surface area contributed by atoms with Crippen molar-refractivity contribution in [1.82, 2.24) is 9.88 Å². The average molecular weight is 409 g/mol. The largest absolute Gasteiger partial charge is 0.481 e. The van der Waals surface area contributed by atoms with Gasteiger partial charge in [-0.05, 0) is 55.2 Å². The number of carbonyl (C=O) groups is 2. The molecule has 3 aromatic rings. The molecule has 1 aliphatic heterocycles. The van der Waals surface area contributed by atoms with E-state index >= 15 is 0 Å². The van der Waals surface area contributed by atoms with Crippen LogP contribution >= 0.6 is 11.6 Å². The van der Waals surface area contributed by atoms with E-state index in [1.165, 1.54) is 0 Å². The lowest BCUT2D eigenvalue weighted by atomic mass is 9.61. The number of carboxylic acids is 1. The summed E-state index contributed by atoms with van der Waals surface area (Å²) in [4.78, 5) is 31.0. The molecule has 1 saturated carbocycles. The summed E-state index contributed by atoms with van der Waals surface area (Å²) in [5.74, 6) is -0.949. The van der Waals surface area contributed by atoms with Crippen molar-refractivity contribution in [3.05, 3.63) is 70.4 Å². The molecule has 2 aromatic carbocycles. The molecule has 6 heteroatoms. The van der Waals surface area contributed by atoms with Crippen LogP contribution in [0.15, 0.2) is 48.5 Å². The number of hydrogen-bond acceptors (Lipinski definition) is 2. The van der Waals surface area contributed by atoms with Crippen LogP contribution in [0.25, 0.3) is 10.9 Å². The number of benzene rings is 2. The number of hydrogen-bond donors (Lipinski definition) is 2. The quantitative estimate of drug-likeness (QED) is 0.652. The number of amides is 1. The fraction of sp³-hybridized carbons (Fsp3) is 0.304. The summed E-state index contributed by atoms with van der Waals surface area (Å²) < 4.78 is 0. The summed E-state index contributed by atoms with van der Waals surface area (Å²) >= 11 is 6.22. The lowest BCUT2D eigenvalue weighted by molar-refractivity contribution is -0.161. The van der Waals surface area contributed by atoms with Crippen LogP contribution < -0.4 is 0 Å². The number of carboxylic acid groups (broad SMARTS) is 1. The highest BCUT2D eigenvalue weighted by atomic mass is 35.5. The van der Waals surface area contributed by atoms with E-state index in [0.717, 1.165) is 28.6 Å². The van der Waals surface area contributed by atoms with Gasteiger partial charge in [-0.25, -0.2) is 0 Å². The van der Waals surface area contributed by atoms with Crippen LogP contribution in [0.2, 0.25) is 5.02 Å². The normalized spacial score (nSPS) is 20.2. The van der Waals surface area contributed by atoms with Gasteiger partial charge in [0.1, 0.15) is 0 Å². The van der Waals surface area contributed by atoms with Crippen LogP contribution in [0.3, 0.4) is 0 Å². The topological polar surface area (TPSA) is 73.4 Å². The first-order valence-electron chi connectivity index (χ1n) is 9.91. The number of H-pyrrole nitrogens is 1. The Kier molecular flexibility index (Phi) is 4.17. The molecule has 0 radical (unpaired) electrons. The summed E-state index contributed by atoms with van der Waals surface area (Å²) in [6, 6.07) is 14.3. The Balaban J connectivity index is 1.69. The summed E-state index contributed by atoms with van der Waals surface area (Å²) in [6.07, 6.45) is 2.67. The Bertz CT molecular complexity index is 1120. The maximum Gasteiger partial charge on any atom is 0.312 e. The predicted molar refractivity (Wildman–Crippen MR) is 111 cm³/mol. The molecule has 0 bridgehead atoms. The number of rotatable bonds is 3. The predicted octanol–water partition coefficient (Wildman–Crippen LogP) is 4.82. The van der Waals surface area contributed by atoms with Crippen molar-refractivity contribution in [2.45, 2.75) is 31.7 Å². The number of nitrogens with zero attached hydrogens (tertiary/aromatic N) is 1. The molecule has 1 aromatic heterocycles. The van der Waals surface area contributed by atoms with Gasteiger partial charge in [-0.3, -0.25) is 9.59 Å². The number of aliphatic carboxylic acids is 1. The van der Waals surface area contributed by atoms with Gasteiger partial charge in [-0.15, -0.1) is 0 Å². The van der Waals surface area contributed by atoms with Gasteiger partial charge in [0.25, 0.3) is 5.91 Å². The van der Waals surface area contributed by atoms with Gasteiger partial charge in [-0.2, -0.15) is 0 Å². The van der Waals surface area contributed by atoms with E-state index in [9.17, 15) is 14.7 Å². The van der Waals surface area contributed by atoms with Crippen molar-refractivity contribution in [2.24, 2.45) is 5.41 Å².